The lowest BCUT2D eigenvalue weighted by molar-refractivity contribution is 0.0980. The highest BCUT2D eigenvalue weighted by Gasteiger charge is 2.47. The topological polar surface area (TPSA) is 82.4 Å². The van der Waals surface area contributed by atoms with Crippen molar-refractivity contribution in [2.45, 2.75) is 45.2 Å². The molecule has 0 radical (unpaired) electrons. The first-order chi connectivity index (χ1) is 15.4. The number of methoxy groups -OCH3 is 1. The van der Waals surface area contributed by atoms with Crippen LogP contribution in [0.1, 0.15) is 54.8 Å². The van der Waals surface area contributed by atoms with Gasteiger partial charge < -0.3 is 9.47 Å². The van der Waals surface area contributed by atoms with Crippen molar-refractivity contribution >= 4 is 11.7 Å². The Bertz CT molecular complexity index is 1180. The van der Waals surface area contributed by atoms with E-state index in [0.717, 1.165) is 42.0 Å². The van der Waals surface area contributed by atoms with Gasteiger partial charge in [0.25, 0.3) is 5.91 Å². The zero-order chi connectivity index (χ0) is 22.5. The van der Waals surface area contributed by atoms with Crippen LogP contribution in [0.2, 0.25) is 0 Å². The van der Waals surface area contributed by atoms with Crippen LogP contribution < -0.4 is 9.64 Å². The molecule has 1 atom stereocenters. The highest BCUT2D eigenvalue weighted by Crippen LogP contribution is 2.43. The zero-order valence-corrected chi connectivity index (χ0v) is 18.8. The van der Waals surface area contributed by atoms with Gasteiger partial charge in [-0.15, -0.1) is 0 Å². The quantitative estimate of drug-likeness (QED) is 0.609. The van der Waals surface area contributed by atoms with Crippen molar-refractivity contribution in [1.29, 1.82) is 0 Å². The standard InChI is InChI=1S/C24H27N5O3/c1-5-15-11-19(16-10-18(31-4)13-25-12-16)26-22-21(15)23(30)29(24(22,2)3)20-6-8-28(27-20)17-7-9-32-14-17/h6,8,10-13,17H,5,7,9,14H2,1-4H3. The molecule has 5 heterocycles. The molecule has 0 spiro atoms. The van der Waals surface area contributed by atoms with Crippen LogP contribution in [0.25, 0.3) is 11.3 Å². The number of nitrogens with zero attached hydrogens (tertiary/aromatic N) is 5. The van der Waals surface area contributed by atoms with E-state index in [1.54, 1.807) is 24.4 Å². The van der Waals surface area contributed by atoms with Gasteiger partial charge in [0.2, 0.25) is 0 Å². The number of pyridine rings is 2. The number of amides is 1. The Kier molecular flexibility index (Phi) is 4.97. The van der Waals surface area contributed by atoms with Gasteiger partial charge in [0.1, 0.15) is 5.75 Å². The summed E-state index contributed by atoms with van der Waals surface area (Å²) in [5.74, 6) is 1.25. The van der Waals surface area contributed by atoms with Crippen LogP contribution in [0, 0.1) is 0 Å². The van der Waals surface area contributed by atoms with E-state index in [1.807, 2.05) is 42.9 Å². The second-order valence-electron chi connectivity index (χ2n) is 8.73. The van der Waals surface area contributed by atoms with Gasteiger partial charge in [-0.25, -0.2) is 4.98 Å². The molecule has 0 aromatic carbocycles. The van der Waals surface area contributed by atoms with Crippen LogP contribution >= 0.6 is 0 Å². The van der Waals surface area contributed by atoms with E-state index in [0.29, 0.717) is 23.7 Å². The molecular weight excluding hydrogens is 406 g/mol. The second kappa shape index (κ2) is 7.70. The number of hydrogen-bond acceptors (Lipinski definition) is 6. The normalized spacial score (nSPS) is 19.4. The SMILES string of the molecule is CCc1cc(-c2cncc(OC)c2)nc2c1C(=O)N(c1ccn(C3CCOC3)n1)C2(C)C. The van der Waals surface area contributed by atoms with E-state index in [1.165, 1.54) is 0 Å². The van der Waals surface area contributed by atoms with Crippen molar-refractivity contribution < 1.29 is 14.3 Å². The largest absolute Gasteiger partial charge is 0.495 e. The Balaban J connectivity index is 1.59. The smallest absolute Gasteiger partial charge is 0.262 e. The molecule has 1 saturated heterocycles. The minimum absolute atomic E-state index is 0.0578. The molecule has 1 unspecified atom stereocenters. The summed E-state index contributed by atoms with van der Waals surface area (Å²) in [7, 11) is 1.62. The third-order valence-corrected chi connectivity index (χ3v) is 6.39. The van der Waals surface area contributed by atoms with Crippen molar-refractivity contribution in [2.75, 3.05) is 25.2 Å². The van der Waals surface area contributed by atoms with Crippen molar-refractivity contribution in [1.82, 2.24) is 19.7 Å². The molecule has 0 aliphatic carbocycles. The summed E-state index contributed by atoms with van der Waals surface area (Å²) in [4.78, 5) is 24.6. The lowest BCUT2D eigenvalue weighted by Crippen LogP contribution is -2.40. The summed E-state index contributed by atoms with van der Waals surface area (Å²) < 4.78 is 12.7. The number of fused-ring (bicyclic) bond motifs is 1. The summed E-state index contributed by atoms with van der Waals surface area (Å²) in [6.07, 6.45) is 7.02. The predicted octanol–water partition coefficient (Wildman–Crippen LogP) is 3.77. The fourth-order valence-electron chi connectivity index (χ4n) is 4.62. The third kappa shape index (κ3) is 3.17. The number of aryl methyl sites for hydroxylation is 1. The number of rotatable bonds is 5. The molecule has 0 saturated carbocycles. The lowest BCUT2D eigenvalue weighted by Gasteiger charge is -2.30. The fourth-order valence-corrected chi connectivity index (χ4v) is 4.62. The van der Waals surface area contributed by atoms with E-state index in [9.17, 15) is 4.79 Å². The second-order valence-corrected chi connectivity index (χ2v) is 8.73. The molecule has 0 bridgehead atoms. The maximum Gasteiger partial charge on any atom is 0.262 e. The number of carbonyl (C=O) groups is 1. The summed E-state index contributed by atoms with van der Waals surface area (Å²) in [5.41, 5.74) is 3.40. The minimum atomic E-state index is -0.649. The van der Waals surface area contributed by atoms with Crippen molar-refractivity contribution in [3.63, 3.8) is 0 Å². The molecule has 8 heteroatoms. The van der Waals surface area contributed by atoms with Gasteiger partial charge in [-0.1, -0.05) is 6.92 Å². The highest BCUT2D eigenvalue weighted by atomic mass is 16.5. The highest BCUT2D eigenvalue weighted by molar-refractivity contribution is 6.12. The van der Waals surface area contributed by atoms with Gasteiger partial charge in [0.15, 0.2) is 5.82 Å². The van der Waals surface area contributed by atoms with Gasteiger partial charge in [0.05, 0.1) is 48.4 Å². The van der Waals surface area contributed by atoms with E-state index in [2.05, 4.69) is 11.9 Å². The molecule has 1 amide bonds. The summed E-state index contributed by atoms with van der Waals surface area (Å²) in [6, 6.07) is 6.01. The van der Waals surface area contributed by atoms with Gasteiger partial charge in [-0.3, -0.25) is 19.4 Å². The van der Waals surface area contributed by atoms with E-state index in [4.69, 9.17) is 19.6 Å². The maximum atomic E-state index is 13.7. The molecular formula is C24H27N5O3. The molecule has 3 aromatic rings. The van der Waals surface area contributed by atoms with Crippen molar-refractivity contribution in [3.8, 4) is 17.0 Å². The number of anilines is 1. The van der Waals surface area contributed by atoms with Crippen LogP contribution in [0.5, 0.6) is 5.75 Å². The molecule has 32 heavy (non-hydrogen) atoms. The van der Waals surface area contributed by atoms with Gasteiger partial charge in [-0.05, 0) is 44.4 Å². The Hall–Kier alpha value is -3.26. The Morgan fingerprint density at radius 3 is 2.84 bits per heavy atom. The molecule has 8 nitrogen and oxygen atoms in total. The number of carbonyl (C=O) groups excluding carboxylic acids is 1. The van der Waals surface area contributed by atoms with Crippen molar-refractivity contribution in [3.05, 3.63) is 53.6 Å². The molecule has 0 N–H and O–H groups in total. The summed E-state index contributed by atoms with van der Waals surface area (Å²) >= 11 is 0. The summed E-state index contributed by atoms with van der Waals surface area (Å²) in [5, 5.41) is 4.75. The first-order valence-electron chi connectivity index (χ1n) is 10.9. The Morgan fingerprint density at radius 1 is 1.28 bits per heavy atom. The van der Waals surface area contributed by atoms with Crippen LogP contribution in [0.3, 0.4) is 0 Å². The minimum Gasteiger partial charge on any atom is -0.495 e. The third-order valence-electron chi connectivity index (χ3n) is 6.39. The molecule has 2 aliphatic heterocycles. The van der Waals surface area contributed by atoms with Crippen molar-refractivity contribution in [2.24, 2.45) is 0 Å². The Morgan fingerprint density at radius 2 is 2.12 bits per heavy atom. The van der Waals surface area contributed by atoms with Gasteiger partial charge in [-0.2, -0.15) is 5.10 Å². The van der Waals surface area contributed by atoms with Gasteiger partial charge >= 0.3 is 0 Å². The van der Waals surface area contributed by atoms with Gasteiger partial charge in [0, 0.05) is 30.6 Å². The fraction of sp³-hybridized carbons (Fsp3) is 0.417. The van der Waals surface area contributed by atoms with E-state index < -0.39 is 5.54 Å². The van der Waals surface area contributed by atoms with Crippen LogP contribution in [0.15, 0.2) is 36.8 Å². The average Bonchev–Trinajstić information content (AvgIpc) is 3.53. The lowest BCUT2D eigenvalue weighted by atomic mass is 9.95. The molecule has 166 valence electrons. The first-order valence-corrected chi connectivity index (χ1v) is 10.9. The summed E-state index contributed by atoms with van der Waals surface area (Å²) in [6.45, 7) is 7.49. The first kappa shape index (κ1) is 20.6. The van der Waals surface area contributed by atoms with Crippen LogP contribution in [0.4, 0.5) is 5.82 Å². The molecule has 5 rings (SSSR count). The van der Waals surface area contributed by atoms with E-state index >= 15 is 0 Å². The maximum absolute atomic E-state index is 13.7. The van der Waals surface area contributed by atoms with E-state index in [-0.39, 0.29) is 11.9 Å². The number of hydrogen-bond donors (Lipinski definition) is 0. The van der Waals surface area contributed by atoms with Crippen LogP contribution in [-0.4, -0.2) is 46.0 Å². The van der Waals surface area contributed by atoms with Crippen LogP contribution in [-0.2, 0) is 16.7 Å². The zero-order valence-electron chi connectivity index (χ0n) is 18.8. The predicted molar refractivity (Wildman–Crippen MR) is 120 cm³/mol. The average molecular weight is 434 g/mol. The number of ether oxygens (including phenoxy) is 2. The number of aromatic nitrogens is 4. The molecule has 1 fully saturated rings. The molecule has 3 aromatic heterocycles. The Labute approximate surface area is 187 Å². The molecule has 2 aliphatic rings. The monoisotopic (exact) mass is 433 g/mol.